The maximum absolute atomic E-state index is 5.87. The highest BCUT2D eigenvalue weighted by atomic mass is 127. The third kappa shape index (κ3) is 3.87. The van der Waals surface area contributed by atoms with Crippen LogP contribution >= 0.6 is 22.6 Å². The van der Waals surface area contributed by atoms with Gasteiger partial charge < -0.3 is 9.47 Å². The van der Waals surface area contributed by atoms with Crippen LogP contribution in [-0.4, -0.2) is 22.9 Å². The lowest BCUT2D eigenvalue weighted by Crippen LogP contribution is -2.29. The van der Waals surface area contributed by atoms with Crippen molar-refractivity contribution in [2.75, 3.05) is 6.61 Å². The van der Waals surface area contributed by atoms with Crippen LogP contribution in [0.1, 0.15) is 27.2 Å². The van der Waals surface area contributed by atoms with Gasteiger partial charge in [-0.15, -0.1) is 0 Å². The first kappa shape index (κ1) is 12.5. The number of ether oxygens (including phenoxy) is 2. The fourth-order valence-electron chi connectivity index (χ4n) is 1.55. The van der Waals surface area contributed by atoms with Gasteiger partial charge in [0.15, 0.2) is 6.29 Å². The van der Waals surface area contributed by atoms with Gasteiger partial charge >= 0.3 is 0 Å². The Morgan fingerprint density at radius 3 is 2.64 bits per heavy atom. The second kappa shape index (κ2) is 6.08. The molecule has 82 valence electrons. The summed E-state index contributed by atoms with van der Waals surface area (Å²) in [4.78, 5) is 0. The van der Waals surface area contributed by atoms with Crippen molar-refractivity contribution in [2.45, 2.75) is 43.5 Å². The first-order valence-corrected chi connectivity index (χ1v) is 6.47. The van der Waals surface area contributed by atoms with E-state index in [0.717, 1.165) is 6.42 Å². The lowest BCUT2D eigenvalue weighted by molar-refractivity contribution is -0.153. The molecule has 0 aromatic rings. The highest BCUT2D eigenvalue weighted by molar-refractivity contribution is 14.1. The third-order valence-corrected chi connectivity index (χ3v) is 2.86. The van der Waals surface area contributed by atoms with Gasteiger partial charge in [-0.3, -0.25) is 0 Å². The molecule has 14 heavy (non-hydrogen) atoms. The summed E-state index contributed by atoms with van der Waals surface area (Å²) in [6, 6.07) is 0. The van der Waals surface area contributed by atoms with E-state index in [9.17, 15) is 0 Å². The van der Waals surface area contributed by atoms with E-state index in [1.807, 2.05) is 6.92 Å². The highest BCUT2D eigenvalue weighted by Gasteiger charge is 2.23. The van der Waals surface area contributed by atoms with Gasteiger partial charge in [-0.2, -0.15) is 0 Å². The van der Waals surface area contributed by atoms with E-state index in [4.69, 9.17) is 9.47 Å². The van der Waals surface area contributed by atoms with Gasteiger partial charge in [0.05, 0.1) is 10.0 Å². The Bertz CT molecular complexity index is 192. The van der Waals surface area contributed by atoms with E-state index < -0.39 is 0 Å². The molecule has 4 atom stereocenters. The fourth-order valence-corrected chi connectivity index (χ4v) is 1.93. The Morgan fingerprint density at radius 1 is 1.50 bits per heavy atom. The van der Waals surface area contributed by atoms with Crippen molar-refractivity contribution in [3.63, 3.8) is 0 Å². The lowest BCUT2D eigenvalue weighted by atomic mass is 10.1. The van der Waals surface area contributed by atoms with Crippen molar-refractivity contribution in [3.8, 4) is 0 Å². The third-order valence-electron chi connectivity index (χ3n) is 2.27. The molecule has 1 rings (SSSR count). The zero-order valence-electron chi connectivity index (χ0n) is 9.07. The molecule has 0 aromatic carbocycles. The number of alkyl halides is 1. The van der Waals surface area contributed by atoms with Crippen molar-refractivity contribution >= 4 is 22.6 Å². The Labute approximate surface area is 100 Å². The summed E-state index contributed by atoms with van der Waals surface area (Å²) in [6.07, 6.45) is 5.63. The van der Waals surface area contributed by atoms with Crippen LogP contribution < -0.4 is 0 Å². The van der Waals surface area contributed by atoms with Crippen molar-refractivity contribution in [2.24, 2.45) is 5.92 Å². The van der Waals surface area contributed by atoms with Gasteiger partial charge in [-0.25, -0.2) is 0 Å². The second-order valence-corrected chi connectivity index (χ2v) is 5.74. The number of hydrogen-bond donors (Lipinski definition) is 0. The first-order valence-electron chi connectivity index (χ1n) is 5.23. The van der Waals surface area contributed by atoms with E-state index in [1.165, 1.54) is 0 Å². The molecule has 0 radical (unpaired) electrons. The molecule has 0 saturated carbocycles. The van der Waals surface area contributed by atoms with Gasteiger partial charge in [0, 0.05) is 6.61 Å². The van der Waals surface area contributed by atoms with Crippen LogP contribution in [-0.2, 0) is 9.47 Å². The quantitative estimate of drug-likeness (QED) is 0.336. The van der Waals surface area contributed by atoms with Crippen molar-refractivity contribution in [1.82, 2.24) is 0 Å². The first-order chi connectivity index (χ1) is 6.63. The zero-order chi connectivity index (χ0) is 10.6. The minimum Gasteiger partial charge on any atom is -0.352 e. The van der Waals surface area contributed by atoms with Gasteiger partial charge in [0.1, 0.15) is 0 Å². The van der Waals surface area contributed by atoms with Gasteiger partial charge in [0.25, 0.3) is 0 Å². The number of halogens is 1. The Kier molecular flexibility index (Phi) is 5.41. The van der Waals surface area contributed by atoms with Gasteiger partial charge in [0.2, 0.25) is 0 Å². The highest BCUT2D eigenvalue weighted by Crippen LogP contribution is 2.23. The molecule has 0 bridgehead atoms. The zero-order valence-corrected chi connectivity index (χ0v) is 11.2. The maximum atomic E-state index is 5.87. The predicted molar refractivity (Wildman–Crippen MR) is 66.7 cm³/mol. The average Bonchev–Trinajstić information content (AvgIpc) is 2.50. The van der Waals surface area contributed by atoms with Crippen LogP contribution in [0, 0.1) is 5.92 Å². The summed E-state index contributed by atoms with van der Waals surface area (Å²) in [7, 11) is 0. The summed E-state index contributed by atoms with van der Waals surface area (Å²) in [5, 5.41) is 0. The molecule has 0 N–H and O–H groups in total. The van der Waals surface area contributed by atoms with Crippen LogP contribution in [0.4, 0.5) is 0 Å². The summed E-state index contributed by atoms with van der Waals surface area (Å²) in [5.74, 6) is 0.645. The minimum atomic E-state index is -0.0689. The van der Waals surface area contributed by atoms with Crippen LogP contribution in [0.15, 0.2) is 12.2 Å². The molecule has 1 aliphatic carbocycles. The predicted octanol–water partition coefficient (Wildman–Crippen LogP) is 3.15. The van der Waals surface area contributed by atoms with Crippen LogP contribution in [0.25, 0.3) is 0 Å². The van der Waals surface area contributed by atoms with E-state index in [0.29, 0.717) is 16.4 Å². The van der Waals surface area contributed by atoms with Crippen molar-refractivity contribution in [3.05, 3.63) is 12.2 Å². The molecule has 2 unspecified atom stereocenters. The van der Waals surface area contributed by atoms with E-state index in [-0.39, 0.29) is 12.4 Å². The van der Waals surface area contributed by atoms with Crippen molar-refractivity contribution in [1.29, 1.82) is 0 Å². The van der Waals surface area contributed by atoms with Gasteiger partial charge in [-0.05, 0) is 26.2 Å². The topological polar surface area (TPSA) is 18.5 Å². The summed E-state index contributed by atoms with van der Waals surface area (Å²) < 4.78 is 11.8. The van der Waals surface area contributed by atoms with E-state index in [2.05, 4.69) is 48.6 Å². The smallest absolute Gasteiger partial charge is 0.169 e. The monoisotopic (exact) mass is 310 g/mol. The van der Waals surface area contributed by atoms with Crippen LogP contribution in [0.3, 0.4) is 0 Å². The molecular weight excluding hydrogens is 291 g/mol. The summed E-state index contributed by atoms with van der Waals surface area (Å²) in [5.41, 5.74) is 0. The Balaban J connectivity index is 2.36. The van der Waals surface area contributed by atoms with Crippen LogP contribution in [0.2, 0.25) is 0 Å². The van der Waals surface area contributed by atoms with E-state index >= 15 is 0 Å². The largest absolute Gasteiger partial charge is 0.352 e. The molecule has 0 spiro atoms. The fraction of sp³-hybridized carbons (Fsp3) is 0.818. The minimum absolute atomic E-state index is 0.0689. The molecule has 0 fully saturated rings. The SMILES string of the molecule is CCOC(O[C@H]1C=C[C@@H](C)C1)C(C)I. The molecule has 0 aliphatic heterocycles. The van der Waals surface area contributed by atoms with Gasteiger partial charge in [-0.1, -0.05) is 41.7 Å². The van der Waals surface area contributed by atoms with Crippen LogP contribution in [0.5, 0.6) is 0 Å². The molecule has 0 heterocycles. The summed E-state index contributed by atoms with van der Waals surface area (Å²) in [6.45, 7) is 7.04. The molecule has 0 aromatic heterocycles. The maximum Gasteiger partial charge on any atom is 0.169 e. The molecule has 0 saturated heterocycles. The molecule has 3 heteroatoms. The van der Waals surface area contributed by atoms with E-state index in [1.54, 1.807) is 0 Å². The molecule has 0 amide bonds. The molecule has 2 nitrogen and oxygen atoms in total. The molecule has 1 aliphatic rings. The number of allylic oxidation sites excluding steroid dienone is 1. The number of hydrogen-bond acceptors (Lipinski definition) is 2. The standard InChI is InChI=1S/C11H19IO2/c1-4-13-11(9(3)12)14-10-6-5-8(2)7-10/h5-6,8-11H,4,7H2,1-3H3/t8-,9?,10+,11?/m1/s1. The Morgan fingerprint density at radius 2 is 2.21 bits per heavy atom. The number of rotatable bonds is 5. The lowest BCUT2D eigenvalue weighted by Gasteiger charge is -2.23. The average molecular weight is 310 g/mol. The summed E-state index contributed by atoms with van der Waals surface area (Å²) >= 11 is 2.35. The van der Waals surface area contributed by atoms with Crippen molar-refractivity contribution < 1.29 is 9.47 Å². The normalized spacial score (nSPS) is 30.6. The Hall–Kier alpha value is 0.390. The second-order valence-electron chi connectivity index (χ2n) is 3.77. The molecular formula is C11H19IO2.